The van der Waals surface area contributed by atoms with Crippen molar-refractivity contribution in [2.75, 3.05) is 7.11 Å². The van der Waals surface area contributed by atoms with Crippen LogP contribution in [0.3, 0.4) is 0 Å². The van der Waals surface area contributed by atoms with Gasteiger partial charge in [0.2, 0.25) is 0 Å². The zero-order chi connectivity index (χ0) is 16.1. The van der Waals surface area contributed by atoms with E-state index in [0.29, 0.717) is 0 Å². The van der Waals surface area contributed by atoms with Crippen LogP contribution in [0.25, 0.3) is 0 Å². The molecular weight excluding hydrogens is 294 g/mol. The number of esters is 1. The number of ether oxygens (including phenoxy) is 1. The number of methoxy groups -OCH3 is 1. The average Bonchev–Trinajstić information content (AvgIpc) is 3.06. The minimum Gasteiger partial charge on any atom is -0.469 e. The Balaban J connectivity index is 2.25. The summed E-state index contributed by atoms with van der Waals surface area (Å²) >= 11 is 0. The van der Waals surface area contributed by atoms with Crippen LogP contribution in [-0.2, 0) is 14.3 Å². The predicted octanol–water partition coefficient (Wildman–Crippen LogP) is 0.666. The molecule has 3 rings (SSSR count). The Labute approximate surface area is 125 Å². The van der Waals surface area contributed by atoms with Crippen LogP contribution in [0, 0.1) is 15.5 Å². The first kappa shape index (κ1) is 14.7. The van der Waals surface area contributed by atoms with Crippen LogP contribution in [0.15, 0.2) is 22.8 Å². The van der Waals surface area contributed by atoms with E-state index in [4.69, 9.17) is 9.15 Å². The summed E-state index contributed by atoms with van der Waals surface area (Å²) in [5.41, 5.74) is -3.50. The summed E-state index contributed by atoms with van der Waals surface area (Å²) in [5.74, 6) is -2.35. The van der Waals surface area contributed by atoms with Crippen LogP contribution in [0.4, 0.5) is 0 Å². The van der Waals surface area contributed by atoms with Gasteiger partial charge in [-0.2, -0.15) is 0 Å². The van der Waals surface area contributed by atoms with E-state index in [9.17, 15) is 24.8 Å². The Morgan fingerprint density at radius 3 is 2.86 bits per heavy atom. The van der Waals surface area contributed by atoms with Crippen molar-refractivity contribution in [3.05, 3.63) is 34.3 Å². The fourth-order valence-electron chi connectivity index (χ4n) is 4.02. The number of hydrogen-bond donors (Lipinski definition) is 1. The molecule has 0 unspecified atom stereocenters. The SMILES string of the molecule is COC(=O)[C@@]12C[C@@](O)(CCC1=O)[C@H]([N+](=O)[O-])[C@@H]2c1ccco1. The van der Waals surface area contributed by atoms with E-state index in [-0.39, 0.29) is 25.0 Å². The molecule has 118 valence electrons. The van der Waals surface area contributed by atoms with Crippen LogP contribution in [0.5, 0.6) is 0 Å². The Bertz CT molecular complexity index is 630. The molecule has 8 heteroatoms. The van der Waals surface area contributed by atoms with E-state index in [2.05, 4.69) is 0 Å². The minimum atomic E-state index is -1.77. The first-order chi connectivity index (χ1) is 10.4. The number of fused-ring (bicyclic) bond motifs is 2. The molecule has 0 saturated heterocycles. The molecule has 4 atom stereocenters. The molecule has 0 aliphatic heterocycles. The Kier molecular flexibility index (Phi) is 3.10. The third-order valence-corrected chi connectivity index (χ3v) is 4.89. The molecule has 2 fully saturated rings. The number of carbonyl (C=O) groups excluding carboxylic acids is 2. The molecule has 2 aliphatic rings. The zero-order valence-corrected chi connectivity index (χ0v) is 11.9. The summed E-state index contributed by atoms with van der Waals surface area (Å²) in [6.45, 7) is 0. The molecule has 0 aromatic carbocycles. The molecule has 1 aromatic heterocycles. The van der Waals surface area contributed by atoms with Crippen LogP contribution in [0.2, 0.25) is 0 Å². The van der Waals surface area contributed by atoms with E-state index < -0.39 is 39.7 Å². The minimum absolute atomic E-state index is 0.0482. The molecular formula is C14H15NO7. The van der Waals surface area contributed by atoms with Gasteiger partial charge in [0, 0.05) is 17.8 Å². The van der Waals surface area contributed by atoms with Gasteiger partial charge in [-0.25, -0.2) is 0 Å². The Morgan fingerprint density at radius 2 is 2.32 bits per heavy atom. The van der Waals surface area contributed by atoms with E-state index in [1.54, 1.807) is 0 Å². The summed E-state index contributed by atoms with van der Waals surface area (Å²) in [6.07, 6.45) is 0.844. The molecule has 1 N–H and O–H groups in total. The van der Waals surface area contributed by atoms with Gasteiger partial charge in [0.05, 0.1) is 13.4 Å². The molecule has 1 heterocycles. The highest BCUT2D eigenvalue weighted by atomic mass is 16.6. The van der Waals surface area contributed by atoms with Gasteiger partial charge in [-0.1, -0.05) is 0 Å². The van der Waals surface area contributed by atoms with Crippen LogP contribution in [0.1, 0.15) is 30.9 Å². The average molecular weight is 309 g/mol. The lowest BCUT2D eigenvalue weighted by Gasteiger charge is -2.33. The van der Waals surface area contributed by atoms with Crippen molar-refractivity contribution in [3.8, 4) is 0 Å². The van der Waals surface area contributed by atoms with Gasteiger partial charge in [0.1, 0.15) is 22.7 Å². The van der Waals surface area contributed by atoms with Crippen molar-refractivity contribution < 1.29 is 28.8 Å². The van der Waals surface area contributed by atoms with E-state index in [1.165, 1.54) is 18.4 Å². The van der Waals surface area contributed by atoms with Crippen molar-refractivity contribution in [1.29, 1.82) is 0 Å². The normalized spacial score (nSPS) is 37.1. The molecule has 0 spiro atoms. The highest BCUT2D eigenvalue weighted by Crippen LogP contribution is 2.60. The molecule has 2 bridgehead atoms. The van der Waals surface area contributed by atoms with Crippen molar-refractivity contribution in [1.82, 2.24) is 0 Å². The topological polar surface area (TPSA) is 120 Å². The second-order valence-corrected chi connectivity index (χ2v) is 5.89. The van der Waals surface area contributed by atoms with E-state index >= 15 is 0 Å². The van der Waals surface area contributed by atoms with Crippen molar-refractivity contribution in [3.63, 3.8) is 0 Å². The summed E-state index contributed by atoms with van der Waals surface area (Å²) in [5, 5.41) is 22.3. The van der Waals surface area contributed by atoms with Gasteiger partial charge in [-0.15, -0.1) is 0 Å². The number of nitrogens with zero attached hydrogens (tertiary/aromatic N) is 1. The second kappa shape index (κ2) is 4.64. The third-order valence-electron chi connectivity index (χ3n) is 4.89. The molecule has 0 amide bonds. The number of Topliss-reactive ketones (excluding diaryl/α,β-unsaturated/α-hetero) is 1. The molecule has 2 aliphatic carbocycles. The highest BCUT2D eigenvalue weighted by Gasteiger charge is 2.76. The monoisotopic (exact) mass is 309 g/mol. The number of carbonyl (C=O) groups is 2. The first-order valence-electron chi connectivity index (χ1n) is 6.88. The van der Waals surface area contributed by atoms with E-state index in [0.717, 1.165) is 7.11 Å². The zero-order valence-electron chi connectivity index (χ0n) is 11.9. The molecule has 0 radical (unpaired) electrons. The van der Waals surface area contributed by atoms with Gasteiger partial charge < -0.3 is 14.3 Å². The van der Waals surface area contributed by atoms with Crippen LogP contribution >= 0.6 is 0 Å². The van der Waals surface area contributed by atoms with Gasteiger partial charge in [-0.05, 0) is 18.6 Å². The maximum absolute atomic E-state index is 12.5. The largest absolute Gasteiger partial charge is 0.469 e. The van der Waals surface area contributed by atoms with Gasteiger partial charge in [0.25, 0.3) is 6.04 Å². The van der Waals surface area contributed by atoms with Crippen LogP contribution in [-0.4, -0.2) is 40.5 Å². The van der Waals surface area contributed by atoms with Gasteiger partial charge >= 0.3 is 5.97 Å². The summed E-state index contributed by atoms with van der Waals surface area (Å²) < 4.78 is 9.99. The fraction of sp³-hybridized carbons (Fsp3) is 0.571. The Hall–Kier alpha value is -2.22. The first-order valence-corrected chi connectivity index (χ1v) is 6.88. The summed E-state index contributed by atoms with van der Waals surface area (Å²) in [7, 11) is 1.12. The molecule has 22 heavy (non-hydrogen) atoms. The smallest absolute Gasteiger partial charge is 0.320 e. The number of furan rings is 1. The summed E-state index contributed by atoms with van der Waals surface area (Å²) in [6, 6.07) is 1.50. The van der Waals surface area contributed by atoms with Crippen molar-refractivity contribution in [2.45, 2.75) is 36.8 Å². The lowest BCUT2D eigenvalue weighted by Crippen LogP contribution is -2.47. The number of aliphatic hydroxyl groups is 1. The third kappa shape index (κ3) is 1.67. The number of nitro groups is 1. The molecule has 2 saturated carbocycles. The number of hydrogen-bond acceptors (Lipinski definition) is 7. The van der Waals surface area contributed by atoms with E-state index in [1.807, 2.05) is 0 Å². The number of ketones is 1. The lowest BCUT2D eigenvalue weighted by molar-refractivity contribution is -0.545. The number of rotatable bonds is 3. The maximum Gasteiger partial charge on any atom is 0.320 e. The molecule has 1 aromatic rings. The van der Waals surface area contributed by atoms with Crippen molar-refractivity contribution in [2.24, 2.45) is 5.41 Å². The van der Waals surface area contributed by atoms with Crippen LogP contribution < -0.4 is 0 Å². The predicted molar refractivity (Wildman–Crippen MR) is 70.5 cm³/mol. The van der Waals surface area contributed by atoms with Gasteiger partial charge in [-0.3, -0.25) is 19.7 Å². The maximum atomic E-state index is 12.5. The quantitative estimate of drug-likeness (QED) is 0.377. The van der Waals surface area contributed by atoms with Gasteiger partial charge in [0.15, 0.2) is 5.78 Å². The summed E-state index contributed by atoms with van der Waals surface area (Å²) in [4.78, 5) is 35.8. The lowest BCUT2D eigenvalue weighted by atomic mass is 9.69. The fourth-order valence-corrected chi connectivity index (χ4v) is 4.02. The second-order valence-electron chi connectivity index (χ2n) is 5.89. The Morgan fingerprint density at radius 1 is 1.59 bits per heavy atom. The standard InChI is InChI=1S/C14H15NO7/c1-21-12(17)14-7-13(18,5-4-9(14)16)11(15(19)20)10(14)8-3-2-6-22-8/h2-3,6,10-11,18H,4-5,7H2,1H3/t10-,11+,13-,14-/m0/s1. The van der Waals surface area contributed by atoms with Crippen molar-refractivity contribution >= 4 is 11.8 Å². The highest BCUT2D eigenvalue weighted by molar-refractivity contribution is 6.06. The molecule has 8 nitrogen and oxygen atoms in total.